The number of ether oxygens (including phenoxy) is 1. The normalized spacial score (nSPS) is 30.2. The summed E-state index contributed by atoms with van der Waals surface area (Å²) in [6, 6.07) is 7.13. The summed E-state index contributed by atoms with van der Waals surface area (Å²) in [7, 11) is 0. The van der Waals surface area contributed by atoms with Gasteiger partial charge in [-0.1, -0.05) is 18.2 Å². The van der Waals surface area contributed by atoms with Gasteiger partial charge < -0.3 is 15.2 Å². The number of nitrogens with one attached hydrogen (secondary N) is 1. The van der Waals surface area contributed by atoms with Crippen molar-refractivity contribution in [2.24, 2.45) is 4.99 Å². The van der Waals surface area contributed by atoms with Gasteiger partial charge in [0.05, 0.1) is 12.1 Å². The number of nitrogens with zero attached hydrogens (tertiary/aromatic N) is 1. The molecule has 0 unspecified atom stereocenters. The molecule has 23 heavy (non-hydrogen) atoms. The maximum absolute atomic E-state index is 12.4. The number of carbonyl (C=O) groups is 2. The molecule has 1 fully saturated rings. The highest BCUT2D eigenvalue weighted by molar-refractivity contribution is 6.09. The van der Waals surface area contributed by atoms with Gasteiger partial charge in [-0.25, -0.2) is 0 Å². The molecule has 1 aromatic carbocycles. The summed E-state index contributed by atoms with van der Waals surface area (Å²) in [5, 5.41) is 14.9. The quantitative estimate of drug-likeness (QED) is 0.818. The summed E-state index contributed by atoms with van der Waals surface area (Å²) in [5.74, 6) is -0.859. The van der Waals surface area contributed by atoms with Gasteiger partial charge in [-0.2, -0.15) is 0 Å². The van der Waals surface area contributed by atoms with E-state index in [2.05, 4.69) is 10.3 Å². The minimum atomic E-state index is -1.31. The maximum Gasteiger partial charge on any atom is 0.261 e. The number of fused-ring (bicyclic) bond motifs is 2. The Kier molecular flexibility index (Phi) is 2.96. The van der Waals surface area contributed by atoms with Gasteiger partial charge in [0, 0.05) is 17.5 Å². The van der Waals surface area contributed by atoms with Crippen LogP contribution in [-0.4, -0.2) is 24.0 Å². The fourth-order valence-corrected chi connectivity index (χ4v) is 3.19. The Bertz CT molecular complexity index is 795. The third-order valence-corrected chi connectivity index (χ3v) is 4.31. The van der Waals surface area contributed by atoms with Gasteiger partial charge in [-0.3, -0.25) is 14.6 Å². The number of para-hydroxylation sites is 1. The standard InChI is InChI=1S/C17H14N2O4/c20-13(12-6-3-7-18-12)8-15-14(21)9-17(23-15)10-4-1-2-5-11(10)19-16(17)22/h1-7,15,20H,8-9H2,(H,19,22)/p-1/b13-12-/t15-,17+/m0/s1. The monoisotopic (exact) mass is 309 g/mol. The fourth-order valence-electron chi connectivity index (χ4n) is 3.19. The number of hydrogen-bond acceptors (Lipinski definition) is 5. The molecule has 3 aliphatic heterocycles. The zero-order chi connectivity index (χ0) is 16.0. The van der Waals surface area contributed by atoms with Crippen LogP contribution < -0.4 is 10.4 Å². The Labute approximate surface area is 132 Å². The number of carbonyl (C=O) groups excluding carboxylic acids is 2. The van der Waals surface area contributed by atoms with Crippen molar-refractivity contribution >= 4 is 23.6 Å². The summed E-state index contributed by atoms with van der Waals surface area (Å²) >= 11 is 0. The fraction of sp³-hybridized carbons (Fsp3) is 0.235. The molecule has 4 rings (SSSR count). The van der Waals surface area contributed by atoms with Crippen molar-refractivity contribution in [3.63, 3.8) is 0 Å². The summed E-state index contributed by atoms with van der Waals surface area (Å²) in [6.07, 6.45) is 3.69. The molecule has 0 aromatic heterocycles. The van der Waals surface area contributed by atoms with E-state index in [0.29, 0.717) is 16.9 Å². The largest absolute Gasteiger partial charge is 0.874 e. The molecule has 116 valence electrons. The van der Waals surface area contributed by atoms with Gasteiger partial charge in [-0.05, 0) is 24.6 Å². The van der Waals surface area contributed by atoms with Crippen LogP contribution in [0.25, 0.3) is 0 Å². The lowest BCUT2D eigenvalue weighted by Crippen LogP contribution is -2.34. The van der Waals surface area contributed by atoms with E-state index in [1.807, 2.05) is 0 Å². The van der Waals surface area contributed by atoms with Gasteiger partial charge in [0.15, 0.2) is 11.4 Å². The summed E-state index contributed by atoms with van der Waals surface area (Å²) in [6.45, 7) is 0. The second-order valence-corrected chi connectivity index (χ2v) is 5.73. The number of hydrogen-bond donors (Lipinski definition) is 1. The number of anilines is 1. The van der Waals surface area contributed by atoms with E-state index >= 15 is 0 Å². The minimum Gasteiger partial charge on any atom is -0.874 e. The molecule has 0 bridgehead atoms. The van der Waals surface area contributed by atoms with Crippen molar-refractivity contribution in [2.45, 2.75) is 24.5 Å². The van der Waals surface area contributed by atoms with Crippen LogP contribution >= 0.6 is 0 Å². The maximum atomic E-state index is 12.4. The number of ketones is 1. The van der Waals surface area contributed by atoms with Crippen LogP contribution in [0.15, 0.2) is 52.9 Å². The van der Waals surface area contributed by atoms with Gasteiger partial charge in [0.25, 0.3) is 5.91 Å². The zero-order valence-electron chi connectivity index (χ0n) is 12.1. The second-order valence-electron chi connectivity index (χ2n) is 5.73. The molecule has 0 saturated carbocycles. The first-order valence-corrected chi connectivity index (χ1v) is 7.32. The van der Waals surface area contributed by atoms with Crippen molar-refractivity contribution in [2.75, 3.05) is 5.32 Å². The molecular formula is C17H13N2O4-. The molecule has 3 aliphatic rings. The van der Waals surface area contributed by atoms with Crippen LogP contribution in [0.5, 0.6) is 0 Å². The van der Waals surface area contributed by atoms with E-state index in [1.54, 1.807) is 36.4 Å². The average molecular weight is 309 g/mol. The Morgan fingerprint density at radius 3 is 3.00 bits per heavy atom. The molecule has 1 N–H and O–H groups in total. The molecule has 3 heterocycles. The zero-order valence-corrected chi connectivity index (χ0v) is 12.1. The van der Waals surface area contributed by atoms with E-state index in [-0.39, 0.29) is 30.3 Å². The molecule has 1 amide bonds. The molecule has 1 saturated heterocycles. The number of benzene rings is 1. The Hall–Kier alpha value is -2.73. The number of amides is 1. The number of rotatable bonds is 2. The lowest BCUT2D eigenvalue weighted by atomic mass is 9.91. The van der Waals surface area contributed by atoms with Gasteiger partial charge in [-0.15, -0.1) is 5.76 Å². The number of aliphatic imine (C=N–C) groups is 1. The van der Waals surface area contributed by atoms with E-state index in [4.69, 9.17) is 4.74 Å². The van der Waals surface area contributed by atoms with E-state index < -0.39 is 11.7 Å². The molecule has 6 nitrogen and oxygen atoms in total. The first kappa shape index (κ1) is 13.9. The topological polar surface area (TPSA) is 90.8 Å². The summed E-state index contributed by atoms with van der Waals surface area (Å²) in [5.41, 5.74) is 0.297. The van der Waals surface area contributed by atoms with Gasteiger partial charge in [0.2, 0.25) is 0 Å². The molecule has 0 aliphatic carbocycles. The Morgan fingerprint density at radius 2 is 2.22 bits per heavy atom. The summed E-state index contributed by atoms with van der Waals surface area (Å²) < 4.78 is 5.82. The highest BCUT2D eigenvalue weighted by Gasteiger charge is 2.56. The van der Waals surface area contributed by atoms with Crippen LogP contribution in [0.4, 0.5) is 5.69 Å². The molecule has 2 atom stereocenters. The predicted octanol–water partition coefficient (Wildman–Crippen LogP) is 0.795. The first-order valence-electron chi connectivity index (χ1n) is 7.32. The van der Waals surface area contributed by atoms with Crippen LogP contribution in [0.2, 0.25) is 0 Å². The number of allylic oxidation sites excluding steroid dienone is 2. The lowest BCUT2D eigenvalue weighted by Gasteiger charge is -2.23. The van der Waals surface area contributed by atoms with Crippen molar-refractivity contribution in [1.29, 1.82) is 0 Å². The highest BCUT2D eigenvalue weighted by atomic mass is 16.5. The van der Waals surface area contributed by atoms with Crippen molar-refractivity contribution in [1.82, 2.24) is 0 Å². The van der Waals surface area contributed by atoms with Crippen LogP contribution in [0.3, 0.4) is 0 Å². The lowest BCUT2D eigenvalue weighted by molar-refractivity contribution is -0.310. The first-order chi connectivity index (χ1) is 11.1. The van der Waals surface area contributed by atoms with Crippen molar-refractivity contribution in [3.05, 3.63) is 53.4 Å². The number of Topliss-reactive ketones (excluding diaryl/α,β-unsaturated/α-hetero) is 1. The van der Waals surface area contributed by atoms with Crippen LogP contribution in [0, 0.1) is 0 Å². The second kappa shape index (κ2) is 4.89. The van der Waals surface area contributed by atoms with E-state index in [9.17, 15) is 14.7 Å². The van der Waals surface area contributed by atoms with Crippen molar-refractivity contribution < 1.29 is 19.4 Å². The minimum absolute atomic E-state index is 0.0533. The van der Waals surface area contributed by atoms with Gasteiger partial charge in [0.1, 0.15) is 6.10 Å². The molecule has 0 radical (unpaired) electrons. The molecule has 1 aromatic rings. The summed E-state index contributed by atoms with van der Waals surface area (Å²) in [4.78, 5) is 28.6. The van der Waals surface area contributed by atoms with Crippen LogP contribution in [-0.2, 0) is 19.9 Å². The third-order valence-electron chi connectivity index (χ3n) is 4.31. The Morgan fingerprint density at radius 1 is 1.39 bits per heavy atom. The Balaban J connectivity index is 1.64. The van der Waals surface area contributed by atoms with Gasteiger partial charge >= 0.3 is 0 Å². The van der Waals surface area contributed by atoms with E-state index in [0.717, 1.165) is 0 Å². The van der Waals surface area contributed by atoms with Crippen molar-refractivity contribution in [3.8, 4) is 0 Å². The molecular weight excluding hydrogens is 296 g/mol. The molecule has 6 heteroatoms. The predicted molar refractivity (Wildman–Crippen MR) is 80.5 cm³/mol. The van der Waals surface area contributed by atoms with Crippen LogP contribution in [0.1, 0.15) is 18.4 Å². The van der Waals surface area contributed by atoms with E-state index in [1.165, 1.54) is 6.21 Å². The highest BCUT2D eigenvalue weighted by Crippen LogP contribution is 2.46. The third kappa shape index (κ3) is 2.03. The molecule has 1 spiro atoms. The smallest absolute Gasteiger partial charge is 0.261 e. The SMILES string of the molecule is O=C1C[C@]2(O[C@H]1C/C([O-])=C1\C=CC=N1)C(=O)Nc1ccccc12. The average Bonchev–Trinajstić information content (AvgIpc) is 3.22.